The zero-order chi connectivity index (χ0) is 26.4. The number of aliphatic hydroxyl groups excluding tert-OH is 1. The number of guanidine groups is 1. The van der Waals surface area contributed by atoms with Crippen LogP contribution in [0, 0.1) is 5.92 Å². The SMILES string of the molecule is CC(C)CC(N)C(=O)NC(CC(=O)O)C(=O)NC(CCCN=C(N)N)C(=O)NC(CO)C(=O)O. The fourth-order valence-corrected chi connectivity index (χ4v) is 2.78. The number of rotatable bonds is 16. The summed E-state index contributed by atoms with van der Waals surface area (Å²) in [6.07, 6.45) is -0.376. The smallest absolute Gasteiger partial charge is 0.328 e. The van der Waals surface area contributed by atoms with E-state index in [1.165, 1.54) is 0 Å². The van der Waals surface area contributed by atoms with Gasteiger partial charge >= 0.3 is 11.9 Å². The molecular weight excluding hydrogens is 454 g/mol. The second-order valence-electron chi connectivity index (χ2n) is 7.99. The number of aliphatic imine (C=N–C) groups is 1. The molecule has 15 heteroatoms. The maximum Gasteiger partial charge on any atom is 0.328 e. The molecular formula is C19H35N7O8. The van der Waals surface area contributed by atoms with Crippen molar-refractivity contribution in [2.75, 3.05) is 13.2 Å². The highest BCUT2D eigenvalue weighted by Crippen LogP contribution is 2.05. The van der Waals surface area contributed by atoms with Crippen LogP contribution < -0.4 is 33.2 Å². The summed E-state index contributed by atoms with van der Waals surface area (Å²) in [5, 5.41) is 33.9. The van der Waals surface area contributed by atoms with Crippen molar-refractivity contribution in [1.29, 1.82) is 0 Å². The lowest BCUT2D eigenvalue weighted by Crippen LogP contribution is -2.57. The number of nitrogens with zero attached hydrogens (tertiary/aromatic N) is 1. The van der Waals surface area contributed by atoms with E-state index in [0.29, 0.717) is 6.42 Å². The zero-order valence-electron chi connectivity index (χ0n) is 19.2. The monoisotopic (exact) mass is 489 g/mol. The van der Waals surface area contributed by atoms with Crippen molar-refractivity contribution in [1.82, 2.24) is 16.0 Å². The fourth-order valence-electron chi connectivity index (χ4n) is 2.78. The fraction of sp³-hybridized carbons (Fsp3) is 0.684. The highest BCUT2D eigenvalue weighted by atomic mass is 16.4. The minimum Gasteiger partial charge on any atom is -0.481 e. The second kappa shape index (κ2) is 15.4. The predicted octanol–water partition coefficient (Wildman–Crippen LogP) is -3.58. The molecule has 0 heterocycles. The summed E-state index contributed by atoms with van der Waals surface area (Å²) in [4.78, 5) is 63.7. The van der Waals surface area contributed by atoms with Crippen LogP contribution in [0.3, 0.4) is 0 Å². The quantitative estimate of drug-likeness (QED) is 0.0580. The normalized spacial score (nSPS) is 14.3. The van der Waals surface area contributed by atoms with Gasteiger partial charge in [0, 0.05) is 6.54 Å². The van der Waals surface area contributed by atoms with E-state index < -0.39 is 66.9 Å². The third-order valence-electron chi connectivity index (χ3n) is 4.45. The van der Waals surface area contributed by atoms with Crippen LogP contribution in [0.25, 0.3) is 0 Å². The number of aliphatic carboxylic acids is 2. The van der Waals surface area contributed by atoms with E-state index in [0.717, 1.165) is 0 Å². The number of carboxylic acid groups (broad SMARTS) is 2. The van der Waals surface area contributed by atoms with Crippen molar-refractivity contribution in [2.45, 2.75) is 63.7 Å². The molecule has 15 nitrogen and oxygen atoms in total. The first-order chi connectivity index (χ1) is 15.8. The van der Waals surface area contributed by atoms with Gasteiger partial charge in [0.2, 0.25) is 17.7 Å². The number of hydrogen-bond donors (Lipinski definition) is 9. The summed E-state index contributed by atoms with van der Waals surface area (Å²) in [5.74, 6) is -5.70. The Morgan fingerprint density at radius 1 is 0.882 bits per heavy atom. The number of amides is 3. The van der Waals surface area contributed by atoms with Gasteiger partial charge < -0.3 is 48.5 Å². The standard InChI is InChI=1S/C19H35N7O8/c1-9(2)6-10(20)15(30)25-12(7-14(28)29)17(32)24-11(4-3-5-23-19(21)22)16(31)26-13(8-27)18(33)34/h9-13,27H,3-8,20H2,1-2H3,(H,24,32)(H,25,30)(H,26,31)(H,28,29)(H,33,34)(H4,21,22,23). The van der Waals surface area contributed by atoms with Gasteiger partial charge in [-0.2, -0.15) is 0 Å². The lowest BCUT2D eigenvalue weighted by atomic mass is 10.0. The van der Waals surface area contributed by atoms with Crippen molar-refractivity contribution >= 4 is 35.6 Å². The first-order valence-electron chi connectivity index (χ1n) is 10.6. The first kappa shape index (κ1) is 30.5. The zero-order valence-corrected chi connectivity index (χ0v) is 19.2. The average Bonchev–Trinajstić information content (AvgIpc) is 2.71. The van der Waals surface area contributed by atoms with Crippen LogP contribution in [0.1, 0.15) is 39.5 Å². The number of carbonyl (C=O) groups is 5. The number of nitrogens with one attached hydrogen (secondary N) is 3. The number of aliphatic hydroxyl groups is 1. The van der Waals surface area contributed by atoms with Crippen molar-refractivity contribution < 1.29 is 39.3 Å². The molecule has 12 N–H and O–H groups in total. The molecule has 4 atom stereocenters. The molecule has 0 spiro atoms. The van der Waals surface area contributed by atoms with Crippen molar-refractivity contribution in [3.8, 4) is 0 Å². The van der Waals surface area contributed by atoms with Gasteiger partial charge in [0.1, 0.15) is 18.1 Å². The van der Waals surface area contributed by atoms with Gasteiger partial charge in [-0.1, -0.05) is 13.8 Å². The minimum absolute atomic E-state index is 0.0628. The van der Waals surface area contributed by atoms with Crippen molar-refractivity contribution in [3.63, 3.8) is 0 Å². The van der Waals surface area contributed by atoms with E-state index in [2.05, 4.69) is 20.9 Å². The van der Waals surface area contributed by atoms with E-state index >= 15 is 0 Å². The third kappa shape index (κ3) is 12.5. The van der Waals surface area contributed by atoms with Gasteiger partial charge in [-0.15, -0.1) is 0 Å². The molecule has 0 bridgehead atoms. The molecule has 34 heavy (non-hydrogen) atoms. The van der Waals surface area contributed by atoms with Gasteiger partial charge in [-0.25, -0.2) is 4.79 Å². The molecule has 0 fully saturated rings. The topological polar surface area (TPSA) is 273 Å². The molecule has 0 aromatic rings. The van der Waals surface area contributed by atoms with E-state index in [9.17, 15) is 24.0 Å². The van der Waals surface area contributed by atoms with Gasteiger partial charge in [0.25, 0.3) is 0 Å². The minimum atomic E-state index is -1.63. The molecule has 0 saturated carbocycles. The molecule has 194 valence electrons. The Hall–Kier alpha value is -3.46. The van der Waals surface area contributed by atoms with Crippen LogP contribution >= 0.6 is 0 Å². The average molecular weight is 490 g/mol. The van der Waals surface area contributed by atoms with Crippen molar-refractivity contribution in [2.24, 2.45) is 28.1 Å². The Labute approximate surface area is 196 Å². The highest BCUT2D eigenvalue weighted by molar-refractivity contribution is 5.95. The maximum atomic E-state index is 12.8. The highest BCUT2D eigenvalue weighted by Gasteiger charge is 2.31. The number of carboxylic acids is 2. The largest absolute Gasteiger partial charge is 0.481 e. The Balaban J connectivity index is 5.54. The Kier molecular flexibility index (Phi) is 13.8. The van der Waals surface area contributed by atoms with E-state index in [1.54, 1.807) is 0 Å². The van der Waals surface area contributed by atoms with Gasteiger partial charge in [-0.05, 0) is 25.2 Å². The molecule has 0 aromatic heterocycles. The lowest BCUT2D eigenvalue weighted by Gasteiger charge is -2.24. The third-order valence-corrected chi connectivity index (χ3v) is 4.45. The maximum absolute atomic E-state index is 12.8. The van der Waals surface area contributed by atoms with E-state index in [4.69, 9.17) is 32.5 Å². The predicted molar refractivity (Wildman–Crippen MR) is 120 cm³/mol. The summed E-state index contributed by atoms with van der Waals surface area (Å²) in [6, 6.07) is -5.51. The molecule has 3 amide bonds. The lowest BCUT2D eigenvalue weighted by molar-refractivity contribution is -0.144. The van der Waals surface area contributed by atoms with Crippen LogP contribution in [0.4, 0.5) is 0 Å². The molecule has 0 aliphatic carbocycles. The van der Waals surface area contributed by atoms with Crippen LogP contribution in [-0.2, 0) is 24.0 Å². The second-order valence-corrected chi connectivity index (χ2v) is 7.99. The molecule has 0 aliphatic heterocycles. The van der Waals surface area contributed by atoms with Crippen LogP contribution in [0.5, 0.6) is 0 Å². The molecule has 0 aromatic carbocycles. The van der Waals surface area contributed by atoms with Gasteiger partial charge in [-0.3, -0.25) is 24.2 Å². The molecule has 0 rings (SSSR count). The van der Waals surface area contributed by atoms with E-state index in [-0.39, 0.29) is 31.3 Å². The Morgan fingerprint density at radius 2 is 1.41 bits per heavy atom. The van der Waals surface area contributed by atoms with Crippen LogP contribution in [-0.4, -0.2) is 88.3 Å². The molecule has 0 aliphatic rings. The van der Waals surface area contributed by atoms with Gasteiger partial charge in [0.05, 0.1) is 19.1 Å². The number of hydrogen-bond acceptors (Lipinski definition) is 8. The molecule has 0 radical (unpaired) electrons. The Morgan fingerprint density at radius 3 is 1.88 bits per heavy atom. The van der Waals surface area contributed by atoms with E-state index in [1.807, 2.05) is 13.8 Å². The number of carbonyl (C=O) groups excluding carboxylic acids is 3. The Bertz CT molecular complexity index is 755. The summed E-state index contributed by atoms with van der Waals surface area (Å²) in [6.45, 7) is 2.85. The first-order valence-corrected chi connectivity index (χ1v) is 10.6. The van der Waals surface area contributed by atoms with Crippen molar-refractivity contribution in [3.05, 3.63) is 0 Å². The summed E-state index contributed by atoms with van der Waals surface area (Å²) in [7, 11) is 0. The van der Waals surface area contributed by atoms with Gasteiger partial charge in [0.15, 0.2) is 5.96 Å². The number of nitrogens with two attached hydrogens (primary N) is 3. The summed E-state index contributed by atoms with van der Waals surface area (Å²) >= 11 is 0. The van der Waals surface area contributed by atoms with Crippen LogP contribution in [0.2, 0.25) is 0 Å². The summed E-state index contributed by atoms with van der Waals surface area (Å²) < 4.78 is 0. The molecule has 4 unspecified atom stereocenters. The molecule has 0 saturated heterocycles. The summed E-state index contributed by atoms with van der Waals surface area (Å²) in [5.41, 5.74) is 16.3. The van der Waals surface area contributed by atoms with Crippen LogP contribution in [0.15, 0.2) is 4.99 Å².